The van der Waals surface area contributed by atoms with Crippen molar-refractivity contribution in [1.29, 1.82) is 0 Å². The number of nitrogens with one attached hydrogen (secondary N) is 1. The lowest BCUT2D eigenvalue weighted by Gasteiger charge is -2.29. The quantitative estimate of drug-likeness (QED) is 0.888. The normalized spacial score (nSPS) is 29.8. The first-order chi connectivity index (χ1) is 8.83. The predicted molar refractivity (Wildman–Crippen MR) is 73.4 cm³/mol. The molecule has 1 aliphatic heterocycles. The molecule has 2 aliphatic rings. The van der Waals surface area contributed by atoms with Crippen molar-refractivity contribution < 1.29 is 0 Å². The maximum absolute atomic E-state index is 4.39. The van der Waals surface area contributed by atoms with Gasteiger partial charge in [-0.3, -0.25) is 0 Å². The molecule has 18 heavy (non-hydrogen) atoms. The van der Waals surface area contributed by atoms with Crippen molar-refractivity contribution in [3.05, 3.63) is 18.2 Å². The molecule has 0 amide bonds. The number of aromatic nitrogens is 2. The molecule has 1 saturated heterocycles. The third-order valence-corrected chi connectivity index (χ3v) is 4.65. The maximum atomic E-state index is 4.39. The van der Waals surface area contributed by atoms with E-state index in [2.05, 4.69) is 28.0 Å². The van der Waals surface area contributed by atoms with E-state index in [4.69, 9.17) is 0 Å². The summed E-state index contributed by atoms with van der Waals surface area (Å²) in [4.78, 5) is 4.39. The van der Waals surface area contributed by atoms with Crippen molar-refractivity contribution in [2.45, 2.75) is 70.5 Å². The van der Waals surface area contributed by atoms with Gasteiger partial charge in [-0.05, 0) is 44.9 Å². The maximum Gasteiger partial charge on any atom is 0.0948 e. The van der Waals surface area contributed by atoms with Crippen LogP contribution in [-0.4, -0.2) is 15.6 Å². The van der Waals surface area contributed by atoms with Crippen LogP contribution in [0.4, 0.5) is 0 Å². The Morgan fingerprint density at radius 3 is 2.83 bits per heavy atom. The van der Waals surface area contributed by atoms with Crippen LogP contribution >= 0.6 is 0 Å². The second-order valence-electron chi connectivity index (χ2n) is 6.17. The van der Waals surface area contributed by atoms with Crippen molar-refractivity contribution in [3.8, 4) is 0 Å². The van der Waals surface area contributed by atoms with Gasteiger partial charge in [0, 0.05) is 24.8 Å². The Balaban J connectivity index is 1.69. The zero-order chi connectivity index (χ0) is 12.4. The van der Waals surface area contributed by atoms with E-state index in [0.29, 0.717) is 12.1 Å². The zero-order valence-corrected chi connectivity index (χ0v) is 11.4. The molecule has 0 bridgehead atoms. The molecular formula is C15H25N3. The minimum Gasteiger partial charge on any atom is -0.333 e. The highest BCUT2D eigenvalue weighted by molar-refractivity contribution is 5.07. The Bertz CT molecular complexity index is 379. The molecule has 0 radical (unpaired) electrons. The van der Waals surface area contributed by atoms with Crippen LogP contribution in [0.1, 0.15) is 63.6 Å². The second kappa shape index (κ2) is 5.43. The van der Waals surface area contributed by atoms with Crippen molar-refractivity contribution in [2.75, 3.05) is 0 Å². The van der Waals surface area contributed by atoms with E-state index in [0.717, 1.165) is 5.92 Å². The molecule has 1 aliphatic carbocycles. The van der Waals surface area contributed by atoms with Crippen LogP contribution in [0.25, 0.3) is 0 Å². The highest BCUT2D eigenvalue weighted by Gasteiger charge is 2.23. The molecular weight excluding hydrogens is 222 g/mol. The Labute approximate surface area is 110 Å². The lowest BCUT2D eigenvalue weighted by molar-refractivity contribution is 0.323. The summed E-state index contributed by atoms with van der Waals surface area (Å²) in [5.41, 5.74) is 1.41. The standard InChI is InChI=1S/C15H25N3/c1-12-5-4-8-14(17-12)15-9-16-11-18(15)10-13-6-2-3-7-13/h9,11-14,17H,2-8,10H2,1H3. The van der Waals surface area contributed by atoms with E-state index in [9.17, 15) is 0 Å². The average Bonchev–Trinajstić information content (AvgIpc) is 3.01. The topological polar surface area (TPSA) is 29.9 Å². The molecule has 2 fully saturated rings. The van der Waals surface area contributed by atoms with Gasteiger partial charge in [0.15, 0.2) is 0 Å². The van der Waals surface area contributed by atoms with Gasteiger partial charge in [0.1, 0.15) is 0 Å². The summed E-state index contributed by atoms with van der Waals surface area (Å²) in [6, 6.07) is 1.18. The summed E-state index contributed by atoms with van der Waals surface area (Å²) in [6.07, 6.45) is 13.7. The molecule has 3 nitrogen and oxygen atoms in total. The van der Waals surface area contributed by atoms with Crippen LogP contribution < -0.4 is 5.32 Å². The second-order valence-corrected chi connectivity index (χ2v) is 6.17. The summed E-state index contributed by atoms with van der Waals surface area (Å²) in [5, 5.41) is 3.72. The first-order valence-electron chi connectivity index (χ1n) is 7.59. The third kappa shape index (κ3) is 2.61. The molecule has 1 aromatic heterocycles. The number of rotatable bonds is 3. The smallest absolute Gasteiger partial charge is 0.0948 e. The highest BCUT2D eigenvalue weighted by Crippen LogP contribution is 2.29. The van der Waals surface area contributed by atoms with E-state index in [1.165, 1.54) is 57.2 Å². The molecule has 0 spiro atoms. The molecule has 0 aromatic carbocycles. The largest absolute Gasteiger partial charge is 0.333 e. The lowest BCUT2D eigenvalue weighted by Crippen LogP contribution is -2.35. The monoisotopic (exact) mass is 247 g/mol. The number of hydrogen-bond acceptors (Lipinski definition) is 2. The Hall–Kier alpha value is -0.830. The average molecular weight is 247 g/mol. The molecule has 1 N–H and O–H groups in total. The van der Waals surface area contributed by atoms with Crippen molar-refractivity contribution >= 4 is 0 Å². The number of nitrogens with zero attached hydrogens (tertiary/aromatic N) is 2. The van der Waals surface area contributed by atoms with Gasteiger partial charge in [-0.15, -0.1) is 0 Å². The number of hydrogen-bond donors (Lipinski definition) is 1. The Kier molecular flexibility index (Phi) is 3.69. The van der Waals surface area contributed by atoms with E-state index in [-0.39, 0.29) is 0 Å². The zero-order valence-electron chi connectivity index (χ0n) is 11.4. The molecule has 3 heteroatoms. The summed E-state index contributed by atoms with van der Waals surface area (Å²) in [6.45, 7) is 3.48. The third-order valence-electron chi connectivity index (χ3n) is 4.65. The summed E-state index contributed by atoms with van der Waals surface area (Å²) < 4.78 is 2.41. The fraction of sp³-hybridized carbons (Fsp3) is 0.800. The molecule has 2 unspecified atom stereocenters. The van der Waals surface area contributed by atoms with E-state index >= 15 is 0 Å². The molecule has 2 atom stereocenters. The van der Waals surface area contributed by atoms with Crippen LogP contribution in [-0.2, 0) is 6.54 Å². The highest BCUT2D eigenvalue weighted by atomic mass is 15.1. The summed E-state index contributed by atoms with van der Waals surface area (Å²) in [7, 11) is 0. The minimum atomic E-state index is 0.526. The van der Waals surface area contributed by atoms with Gasteiger partial charge in [-0.2, -0.15) is 0 Å². The molecule has 2 heterocycles. The van der Waals surface area contributed by atoms with Gasteiger partial charge in [-0.25, -0.2) is 4.98 Å². The SMILES string of the molecule is CC1CCCC(c2cncn2CC2CCCC2)N1. The fourth-order valence-electron chi connectivity index (χ4n) is 3.62. The van der Waals surface area contributed by atoms with Crippen molar-refractivity contribution in [1.82, 2.24) is 14.9 Å². The fourth-order valence-corrected chi connectivity index (χ4v) is 3.62. The Morgan fingerprint density at radius 2 is 2.06 bits per heavy atom. The van der Waals surface area contributed by atoms with Crippen LogP contribution in [0.15, 0.2) is 12.5 Å². The molecule has 3 rings (SSSR count). The van der Waals surface area contributed by atoms with Gasteiger partial charge in [0.05, 0.1) is 12.0 Å². The first kappa shape index (κ1) is 12.2. The minimum absolute atomic E-state index is 0.526. The van der Waals surface area contributed by atoms with Crippen molar-refractivity contribution in [3.63, 3.8) is 0 Å². The number of piperidine rings is 1. The van der Waals surface area contributed by atoms with E-state index < -0.39 is 0 Å². The van der Waals surface area contributed by atoms with Crippen LogP contribution in [0.5, 0.6) is 0 Å². The van der Waals surface area contributed by atoms with Gasteiger partial charge in [-0.1, -0.05) is 12.8 Å². The summed E-state index contributed by atoms with van der Waals surface area (Å²) >= 11 is 0. The molecule has 1 saturated carbocycles. The van der Waals surface area contributed by atoms with Gasteiger partial charge in [0.25, 0.3) is 0 Å². The van der Waals surface area contributed by atoms with Crippen molar-refractivity contribution in [2.24, 2.45) is 5.92 Å². The summed E-state index contributed by atoms with van der Waals surface area (Å²) in [5.74, 6) is 0.888. The van der Waals surface area contributed by atoms with Crippen LogP contribution in [0, 0.1) is 5.92 Å². The van der Waals surface area contributed by atoms with Gasteiger partial charge in [0.2, 0.25) is 0 Å². The van der Waals surface area contributed by atoms with Gasteiger partial charge >= 0.3 is 0 Å². The Morgan fingerprint density at radius 1 is 1.22 bits per heavy atom. The predicted octanol–water partition coefficient (Wildman–Crippen LogP) is 3.28. The van der Waals surface area contributed by atoms with Crippen LogP contribution in [0.3, 0.4) is 0 Å². The molecule has 100 valence electrons. The van der Waals surface area contributed by atoms with E-state index in [1.54, 1.807) is 0 Å². The number of imidazole rings is 1. The first-order valence-corrected chi connectivity index (χ1v) is 7.59. The van der Waals surface area contributed by atoms with Gasteiger partial charge < -0.3 is 9.88 Å². The molecule has 1 aromatic rings. The lowest BCUT2D eigenvalue weighted by atomic mass is 9.97. The van der Waals surface area contributed by atoms with Crippen LogP contribution in [0.2, 0.25) is 0 Å². The van der Waals surface area contributed by atoms with E-state index in [1.807, 2.05) is 6.33 Å².